The first-order chi connectivity index (χ1) is 10.9. The van der Waals surface area contributed by atoms with Gasteiger partial charge in [0.25, 0.3) is 0 Å². The number of nitrogens with one attached hydrogen (secondary N) is 1. The highest BCUT2D eigenvalue weighted by atomic mass is 16.2. The highest BCUT2D eigenvalue weighted by Crippen LogP contribution is 2.21. The third kappa shape index (κ3) is 5.05. The summed E-state index contributed by atoms with van der Waals surface area (Å²) in [7, 11) is 0. The van der Waals surface area contributed by atoms with Gasteiger partial charge in [-0.25, -0.2) is 0 Å². The van der Waals surface area contributed by atoms with Crippen LogP contribution in [0.4, 0.5) is 0 Å². The summed E-state index contributed by atoms with van der Waals surface area (Å²) in [4.78, 5) is 14.9. The van der Waals surface area contributed by atoms with Gasteiger partial charge >= 0.3 is 0 Å². The lowest BCUT2D eigenvalue weighted by Gasteiger charge is -2.35. The number of rotatable bonds is 6. The minimum Gasteiger partial charge on any atom is -0.354 e. The molecule has 0 aliphatic carbocycles. The maximum absolute atomic E-state index is 12.4. The molecule has 1 aliphatic heterocycles. The molecular weight excluding hydrogens is 286 g/mol. The number of carbonyl (C=O) groups is 1. The van der Waals surface area contributed by atoms with E-state index in [1.165, 1.54) is 19.5 Å². The van der Waals surface area contributed by atoms with Crippen LogP contribution in [-0.2, 0) is 10.3 Å². The molecule has 1 fully saturated rings. The van der Waals surface area contributed by atoms with E-state index in [1.807, 2.05) is 30.3 Å². The van der Waals surface area contributed by atoms with Gasteiger partial charge in [0.05, 0.1) is 0 Å². The van der Waals surface area contributed by atoms with Crippen LogP contribution in [0.2, 0.25) is 0 Å². The van der Waals surface area contributed by atoms with E-state index in [4.69, 9.17) is 5.73 Å². The molecule has 1 aromatic carbocycles. The minimum absolute atomic E-state index is 0.107. The van der Waals surface area contributed by atoms with Crippen molar-refractivity contribution in [3.8, 4) is 0 Å². The van der Waals surface area contributed by atoms with Gasteiger partial charge in [0.15, 0.2) is 0 Å². The van der Waals surface area contributed by atoms with E-state index in [9.17, 15) is 4.79 Å². The summed E-state index contributed by atoms with van der Waals surface area (Å²) < 4.78 is 0. The van der Waals surface area contributed by atoms with Crippen LogP contribution >= 0.6 is 0 Å². The number of hydrogen-bond donors (Lipinski definition) is 2. The number of amides is 1. The van der Waals surface area contributed by atoms with Crippen molar-refractivity contribution in [2.24, 2.45) is 17.6 Å². The van der Waals surface area contributed by atoms with Crippen LogP contribution in [0.15, 0.2) is 30.3 Å². The number of nitrogens with two attached hydrogens (primary N) is 1. The number of benzene rings is 1. The van der Waals surface area contributed by atoms with Crippen LogP contribution in [-0.4, -0.2) is 37.0 Å². The summed E-state index contributed by atoms with van der Waals surface area (Å²) in [5.41, 5.74) is 6.09. The molecule has 23 heavy (non-hydrogen) atoms. The summed E-state index contributed by atoms with van der Waals surface area (Å²) in [5.74, 6) is 1.45. The molecule has 0 aromatic heterocycles. The van der Waals surface area contributed by atoms with Gasteiger partial charge in [0.2, 0.25) is 5.91 Å². The molecule has 4 nitrogen and oxygen atoms in total. The maximum atomic E-state index is 12.4. The number of piperidine rings is 1. The first-order valence-corrected chi connectivity index (χ1v) is 8.74. The van der Waals surface area contributed by atoms with Crippen LogP contribution in [0.5, 0.6) is 0 Å². The smallest absolute Gasteiger partial charge is 0.244 e. The lowest BCUT2D eigenvalue weighted by molar-refractivity contribution is -0.126. The summed E-state index contributed by atoms with van der Waals surface area (Å²) in [6.45, 7) is 10.5. The summed E-state index contributed by atoms with van der Waals surface area (Å²) in [5, 5.41) is 2.99. The molecule has 0 saturated carbocycles. The van der Waals surface area contributed by atoms with Gasteiger partial charge in [-0.15, -0.1) is 0 Å². The molecule has 3 unspecified atom stereocenters. The molecule has 1 heterocycles. The number of nitrogens with zero attached hydrogens (tertiary/aromatic N) is 1. The van der Waals surface area contributed by atoms with Crippen LogP contribution < -0.4 is 11.1 Å². The topological polar surface area (TPSA) is 58.4 Å². The molecule has 2 rings (SSSR count). The zero-order valence-corrected chi connectivity index (χ0v) is 14.7. The van der Waals surface area contributed by atoms with Gasteiger partial charge in [-0.3, -0.25) is 4.79 Å². The van der Waals surface area contributed by atoms with E-state index >= 15 is 0 Å². The minimum atomic E-state index is -0.977. The quantitative estimate of drug-likeness (QED) is 0.792. The Bertz CT molecular complexity index is 491. The Kier molecular flexibility index (Phi) is 6.19. The van der Waals surface area contributed by atoms with Crippen molar-refractivity contribution in [1.82, 2.24) is 10.2 Å². The van der Waals surface area contributed by atoms with Crippen molar-refractivity contribution in [2.45, 2.75) is 39.2 Å². The van der Waals surface area contributed by atoms with Crippen LogP contribution in [0.25, 0.3) is 0 Å². The summed E-state index contributed by atoms with van der Waals surface area (Å²) in [6, 6.07) is 9.54. The highest BCUT2D eigenvalue weighted by Gasteiger charge is 2.30. The predicted octanol–water partition coefficient (Wildman–Crippen LogP) is 2.34. The summed E-state index contributed by atoms with van der Waals surface area (Å²) >= 11 is 0. The van der Waals surface area contributed by atoms with Gasteiger partial charge in [0, 0.05) is 19.6 Å². The van der Waals surface area contributed by atoms with Gasteiger partial charge in [0.1, 0.15) is 5.54 Å². The molecular formula is C19H31N3O. The second-order valence-corrected chi connectivity index (χ2v) is 7.38. The van der Waals surface area contributed by atoms with Crippen molar-refractivity contribution in [3.05, 3.63) is 35.9 Å². The summed E-state index contributed by atoms with van der Waals surface area (Å²) in [6.07, 6.45) is 2.30. The average molecular weight is 317 g/mol. The van der Waals surface area contributed by atoms with E-state index in [1.54, 1.807) is 6.92 Å². The van der Waals surface area contributed by atoms with Gasteiger partial charge < -0.3 is 16.0 Å². The van der Waals surface area contributed by atoms with Crippen molar-refractivity contribution in [1.29, 1.82) is 0 Å². The van der Waals surface area contributed by atoms with Crippen LogP contribution in [0.3, 0.4) is 0 Å². The van der Waals surface area contributed by atoms with Gasteiger partial charge in [-0.05, 0) is 43.7 Å². The van der Waals surface area contributed by atoms with Crippen molar-refractivity contribution in [2.75, 3.05) is 26.2 Å². The molecule has 1 amide bonds. The molecule has 4 heteroatoms. The lowest BCUT2D eigenvalue weighted by Crippen LogP contribution is -2.49. The third-order valence-electron chi connectivity index (χ3n) is 4.73. The molecule has 128 valence electrons. The molecule has 0 radical (unpaired) electrons. The van der Waals surface area contributed by atoms with Crippen LogP contribution in [0, 0.1) is 11.8 Å². The fraction of sp³-hybridized carbons (Fsp3) is 0.632. The van der Waals surface area contributed by atoms with Gasteiger partial charge in [-0.1, -0.05) is 44.2 Å². The zero-order valence-electron chi connectivity index (χ0n) is 14.7. The Balaban J connectivity index is 1.74. The van der Waals surface area contributed by atoms with E-state index in [0.717, 1.165) is 30.4 Å². The lowest BCUT2D eigenvalue weighted by atomic mass is 9.92. The number of carbonyl (C=O) groups excluding carboxylic acids is 1. The normalized spacial score (nSPS) is 24.9. The second-order valence-electron chi connectivity index (χ2n) is 7.38. The van der Waals surface area contributed by atoms with Crippen LogP contribution in [0.1, 0.15) is 39.2 Å². The molecule has 0 spiro atoms. The third-order valence-corrected chi connectivity index (χ3v) is 4.73. The first-order valence-electron chi connectivity index (χ1n) is 8.74. The molecule has 3 atom stereocenters. The standard InChI is InChI=1S/C19H31N3O/c1-15-12-16(2)14-22(13-15)11-7-10-21-18(23)19(3,20)17-8-5-4-6-9-17/h4-6,8-9,15-16H,7,10-14,20H2,1-3H3,(H,21,23). The largest absolute Gasteiger partial charge is 0.354 e. The van der Waals surface area contributed by atoms with E-state index in [2.05, 4.69) is 24.1 Å². The Labute approximate surface area is 140 Å². The second kappa shape index (κ2) is 7.93. The number of hydrogen-bond acceptors (Lipinski definition) is 3. The van der Waals surface area contributed by atoms with Crippen molar-refractivity contribution >= 4 is 5.91 Å². The predicted molar refractivity (Wildman–Crippen MR) is 95.0 cm³/mol. The highest BCUT2D eigenvalue weighted by molar-refractivity contribution is 5.86. The Morgan fingerprint density at radius 1 is 1.26 bits per heavy atom. The maximum Gasteiger partial charge on any atom is 0.244 e. The fourth-order valence-corrected chi connectivity index (χ4v) is 3.58. The van der Waals surface area contributed by atoms with E-state index in [-0.39, 0.29) is 5.91 Å². The SMILES string of the molecule is CC1CC(C)CN(CCCNC(=O)C(C)(N)c2ccccc2)C1. The number of likely N-dealkylation sites (tertiary alicyclic amines) is 1. The Morgan fingerprint density at radius 2 is 1.87 bits per heavy atom. The fourth-order valence-electron chi connectivity index (χ4n) is 3.58. The molecule has 3 N–H and O–H groups in total. The monoisotopic (exact) mass is 317 g/mol. The Morgan fingerprint density at radius 3 is 2.48 bits per heavy atom. The molecule has 0 bridgehead atoms. The average Bonchev–Trinajstić information content (AvgIpc) is 2.51. The molecule has 1 aromatic rings. The Hall–Kier alpha value is -1.39. The van der Waals surface area contributed by atoms with E-state index in [0.29, 0.717) is 6.54 Å². The first kappa shape index (κ1) is 18.0. The molecule has 1 aliphatic rings. The molecule has 1 saturated heterocycles. The van der Waals surface area contributed by atoms with Gasteiger partial charge in [-0.2, -0.15) is 0 Å². The van der Waals surface area contributed by atoms with E-state index < -0.39 is 5.54 Å². The van der Waals surface area contributed by atoms with Crippen molar-refractivity contribution < 1.29 is 4.79 Å². The zero-order chi connectivity index (χ0) is 16.9. The van der Waals surface area contributed by atoms with Crippen molar-refractivity contribution in [3.63, 3.8) is 0 Å².